The Morgan fingerprint density at radius 3 is 2.62 bits per heavy atom. The van der Waals surface area contributed by atoms with E-state index in [2.05, 4.69) is 10.3 Å². The van der Waals surface area contributed by atoms with Gasteiger partial charge in [0, 0.05) is 18.3 Å². The van der Waals surface area contributed by atoms with Gasteiger partial charge in [-0.1, -0.05) is 0 Å². The van der Waals surface area contributed by atoms with E-state index in [-0.39, 0.29) is 35.3 Å². The first-order valence-electron chi connectivity index (χ1n) is 8.43. The molecule has 2 aliphatic heterocycles. The van der Waals surface area contributed by atoms with Gasteiger partial charge >= 0.3 is 5.97 Å². The molecule has 3 heterocycles. The largest absolute Gasteiger partial charge is 0.478 e. The Morgan fingerprint density at radius 2 is 1.88 bits per heavy atom. The molecule has 1 amide bonds. The van der Waals surface area contributed by atoms with E-state index in [0.29, 0.717) is 0 Å². The highest BCUT2D eigenvalue weighted by Gasteiger charge is 2.52. The average Bonchev–Trinajstić information content (AvgIpc) is 3.25. The molecule has 4 rings (SSSR count). The number of pyridine rings is 1. The quantitative estimate of drug-likeness (QED) is 0.879. The highest BCUT2D eigenvalue weighted by atomic mass is 19.1. The summed E-state index contributed by atoms with van der Waals surface area (Å²) in [7, 11) is 0. The summed E-state index contributed by atoms with van der Waals surface area (Å²) in [5.41, 5.74) is 0.745. The molecule has 2 fully saturated rings. The molecule has 1 aromatic heterocycles. The number of fused-ring (bicyclic) bond motifs is 2. The van der Waals surface area contributed by atoms with Gasteiger partial charge in [-0.25, -0.2) is 9.18 Å². The van der Waals surface area contributed by atoms with E-state index in [1.165, 1.54) is 0 Å². The highest BCUT2D eigenvalue weighted by molar-refractivity contribution is 5.96. The predicted molar refractivity (Wildman–Crippen MR) is 90.4 cm³/mol. The number of anilines is 1. The molecule has 0 aliphatic carbocycles. The Bertz CT molecular complexity index is 858. The standard InChI is InChI=1S/C19H17FN2O4/c20-12-2-1-11(19(24)25)9-13(12)22-18(23)17-15-4-3-14(26-15)16(17)10-5-7-21-8-6-10/h1-2,5-9,14-17H,3-4H2,(H,22,23)(H,24,25)/t14-,15-,16+,17+/m0/s1. The molecule has 2 aromatic rings. The van der Waals surface area contributed by atoms with Gasteiger partial charge in [-0.05, 0) is 48.7 Å². The number of carboxylic acid groups (broad SMARTS) is 1. The van der Waals surface area contributed by atoms with Crippen molar-refractivity contribution in [3.63, 3.8) is 0 Å². The van der Waals surface area contributed by atoms with Crippen molar-refractivity contribution >= 4 is 17.6 Å². The number of rotatable bonds is 4. The van der Waals surface area contributed by atoms with Crippen LogP contribution < -0.4 is 5.32 Å². The molecule has 2 aliphatic rings. The van der Waals surface area contributed by atoms with Crippen molar-refractivity contribution in [2.75, 3.05) is 5.32 Å². The van der Waals surface area contributed by atoms with Crippen LogP contribution >= 0.6 is 0 Å². The van der Waals surface area contributed by atoms with Gasteiger partial charge in [0.05, 0.1) is 29.4 Å². The molecule has 0 saturated carbocycles. The number of carboxylic acids is 1. The van der Waals surface area contributed by atoms with Crippen LogP contribution in [0.3, 0.4) is 0 Å². The summed E-state index contributed by atoms with van der Waals surface area (Å²) in [5.74, 6) is -2.79. The van der Waals surface area contributed by atoms with E-state index < -0.39 is 17.7 Å². The fourth-order valence-corrected chi connectivity index (χ4v) is 3.99. The van der Waals surface area contributed by atoms with Crippen LogP contribution in [0, 0.1) is 11.7 Å². The fourth-order valence-electron chi connectivity index (χ4n) is 3.99. The fraction of sp³-hybridized carbons (Fsp3) is 0.316. The number of carbonyl (C=O) groups is 2. The molecule has 7 heteroatoms. The summed E-state index contributed by atoms with van der Waals surface area (Å²) in [6.07, 6.45) is 4.74. The molecular formula is C19H17FN2O4. The van der Waals surface area contributed by atoms with Gasteiger partial charge in [0.25, 0.3) is 0 Å². The van der Waals surface area contributed by atoms with Crippen LogP contribution in [-0.4, -0.2) is 34.2 Å². The van der Waals surface area contributed by atoms with E-state index in [1.807, 2.05) is 12.1 Å². The minimum absolute atomic E-state index is 0.0478. The summed E-state index contributed by atoms with van der Waals surface area (Å²) in [6, 6.07) is 7.05. The third kappa shape index (κ3) is 2.84. The van der Waals surface area contributed by atoms with Crippen molar-refractivity contribution in [2.45, 2.75) is 31.0 Å². The van der Waals surface area contributed by atoms with E-state index in [0.717, 1.165) is 36.6 Å². The van der Waals surface area contributed by atoms with Crippen molar-refractivity contribution in [2.24, 2.45) is 5.92 Å². The van der Waals surface area contributed by atoms with Gasteiger partial charge in [-0.3, -0.25) is 9.78 Å². The zero-order valence-corrected chi connectivity index (χ0v) is 13.8. The van der Waals surface area contributed by atoms with Crippen molar-refractivity contribution < 1.29 is 23.8 Å². The second-order valence-electron chi connectivity index (χ2n) is 6.61. The van der Waals surface area contributed by atoms with E-state index >= 15 is 0 Å². The lowest BCUT2D eigenvalue weighted by Gasteiger charge is -2.27. The van der Waals surface area contributed by atoms with Gasteiger partial charge in [0.1, 0.15) is 5.82 Å². The Kier molecular flexibility index (Phi) is 4.16. The van der Waals surface area contributed by atoms with Gasteiger partial charge in [-0.2, -0.15) is 0 Å². The molecule has 0 radical (unpaired) electrons. The number of ether oxygens (including phenoxy) is 1. The number of hydrogen-bond donors (Lipinski definition) is 2. The molecule has 26 heavy (non-hydrogen) atoms. The van der Waals surface area contributed by atoms with E-state index in [9.17, 15) is 14.0 Å². The Hall–Kier alpha value is -2.80. The summed E-state index contributed by atoms with van der Waals surface area (Å²) in [5, 5.41) is 11.6. The van der Waals surface area contributed by atoms with Crippen LogP contribution in [0.4, 0.5) is 10.1 Å². The first-order valence-corrected chi connectivity index (χ1v) is 8.43. The van der Waals surface area contributed by atoms with Crippen LogP contribution in [0.1, 0.15) is 34.7 Å². The zero-order valence-electron chi connectivity index (χ0n) is 13.8. The summed E-state index contributed by atoms with van der Waals surface area (Å²) >= 11 is 0. The van der Waals surface area contributed by atoms with Gasteiger partial charge in [0.15, 0.2) is 0 Å². The predicted octanol–water partition coefficient (Wildman–Crippen LogP) is 2.82. The summed E-state index contributed by atoms with van der Waals surface area (Å²) in [4.78, 5) is 28.0. The molecule has 134 valence electrons. The molecule has 0 unspecified atom stereocenters. The van der Waals surface area contributed by atoms with Crippen LogP contribution in [0.15, 0.2) is 42.7 Å². The lowest BCUT2D eigenvalue weighted by Crippen LogP contribution is -2.36. The van der Waals surface area contributed by atoms with Crippen molar-refractivity contribution in [1.82, 2.24) is 4.98 Å². The lowest BCUT2D eigenvalue weighted by molar-refractivity contribution is -0.121. The number of aromatic nitrogens is 1. The zero-order chi connectivity index (χ0) is 18.3. The molecule has 2 bridgehead atoms. The van der Waals surface area contributed by atoms with Crippen LogP contribution in [0.5, 0.6) is 0 Å². The Morgan fingerprint density at radius 1 is 1.15 bits per heavy atom. The monoisotopic (exact) mass is 356 g/mol. The van der Waals surface area contributed by atoms with Crippen molar-refractivity contribution in [3.8, 4) is 0 Å². The molecular weight excluding hydrogens is 339 g/mol. The maximum atomic E-state index is 14.0. The van der Waals surface area contributed by atoms with Crippen molar-refractivity contribution in [1.29, 1.82) is 0 Å². The van der Waals surface area contributed by atoms with Crippen LogP contribution in [-0.2, 0) is 9.53 Å². The van der Waals surface area contributed by atoms with Gasteiger partial charge < -0.3 is 15.2 Å². The smallest absolute Gasteiger partial charge is 0.335 e. The molecule has 4 atom stereocenters. The normalized spacial score (nSPS) is 26.7. The minimum atomic E-state index is -1.18. The molecule has 6 nitrogen and oxygen atoms in total. The Balaban J connectivity index is 1.61. The van der Waals surface area contributed by atoms with Crippen molar-refractivity contribution in [3.05, 3.63) is 59.7 Å². The van der Waals surface area contributed by atoms with Crippen LogP contribution in [0.25, 0.3) is 0 Å². The third-order valence-electron chi connectivity index (χ3n) is 5.14. The SMILES string of the molecule is O=C(O)c1ccc(F)c(NC(=O)[C@H]2[C@H](c3ccncc3)[C@@H]3CC[C@@H]2O3)c1. The maximum absolute atomic E-state index is 14.0. The maximum Gasteiger partial charge on any atom is 0.335 e. The van der Waals surface area contributed by atoms with E-state index in [1.54, 1.807) is 12.4 Å². The second kappa shape index (κ2) is 6.49. The molecule has 2 saturated heterocycles. The number of amides is 1. The van der Waals surface area contributed by atoms with Crippen LogP contribution in [0.2, 0.25) is 0 Å². The average molecular weight is 356 g/mol. The number of benzene rings is 1. The number of nitrogens with zero attached hydrogens (tertiary/aromatic N) is 1. The van der Waals surface area contributed by atoms with Gasteiger partial charge in [0.2, 0.25) is 5.91 Å². The number of halogens is 1. The van der Waals surface area contributed by atoms with Gasteiger partial charge in [-0.15, -0.1) is 0 Å². The third-order valence-corrected chi connectivity index (χ3v) is 5.14. The molecule has 1 aromatic carbocycles. The first kappa shape index (κ1) is 16.7. The number of nitrogens with one attached hydrogen (secondary N) is 1. The number of carbonyl (C=O) groups excluding carboxylic acids is 1. The summed E-state index contributed by atoms with van der Waals surface area (Å²) < 4.78 is 20.0. The highest BCUT2D eigenvalue weighted by Crippen LogP contribution is 2.49. The molecule has 2 N–H and O–H groups in total. The van der Waals surface area contributed by atoms with E-state index in [4.69, 9.17) is 9.84 Å². The lowest BCUT2D eigenvalue weighted by atomic mass is 9.75. The Labute approximate surface area is 149 Å². The topological polar surface area (TPSA) is 88.5 Å². The summed E-state index contributed by atoms with van der Waals surface area (Å²) in [6.45, 7) is 0. The number of hydrogen-bond acceptors (Lipinski definition) is 4. The molecule has 0 spiro atoms. The number of aromatic carboxylic acids is 1. The second-order valence-corrected chi connectivity index (χ2v) is 6.61. The first-order chi connectivity index (χ1) is 12.5. The minimum Gasteiger partial charge on any atom is -0.478 e.